The van der Waals surface area contributed by atoms with Crippen molar-refractivity contribution in [3.05, 3.63) is 141 Å². The normalized spacial score (nSPS) is 10.5. The average molecular weight is 725 g/mol. The van der Waals surface area contributed by atoms with Crippen molar-refractivity contribution in [1.29, 1.82) is 0 Å². The molecule has 8 nitrogen and oxygen atoms in total. The second kappa shape index (κ2) is 16.0. The summed E-state index contributed by atoms with van der Waals surface area (Å²) in [5.74, 6) is 3.09. The number of rotatable bonds is 9. The number of benzene rings is 2. The van der Waals surface area contributed by atoms with Gasteiger partial charge in [0, 0.05) is 68.7 Å². The maximum absolute atomic E-state index is 4.63. The summed E-state index contributed by atoms with van der Waals surface area (Å²) < 4.78 is 2.08. The van der Waals surface area contributed by atoms with Crippen molar-refractivity contribution >= 4 is 43.5 Å². The third-order valence-corrected chi connectivity index (χ3v) is 7.63. The first-order valence-electron chi connectivity index (χ1n) is 14.5. The Morgan fingerprint density at radius 3 is 1.87 bits per heavy atom. The molecule has 6 aromatic rings. The Kier molecular flexibility index (Phi) is 11.3. The predicted molar refractivity (Wildman–Crippen MR) is 188 cm³/mol. The van der Waals surface area contributed by atoms with Crippen LogP contribution in [0.4, 0.5) is 11.6 Å². The molecule has 0 aliphatic heterocycles. The molecule has 0 atom stereocenters. The maximum Gasteiger partial charge on any atom is 0.161 e. The molecule has 0 fully saturated rings. The number of anilines is 2. The zero-order valence-electron chi connectivity index (χ0n) is 25.0. The Labute approximate surface area is 280 Å². The van der Waals surface area contributed by atoms with Gasteiger partial charge in [0.2, 0.25) is 0 Å². The minimum Gasteiger partial charge on any atom is -0.366 e. The smallest absolute Gasteiger partial charge is 0.161 e. The van der Waals surface area contributed by atoms with Crippen molar-refractivity contribution in [2.75, 3.05) is 10.6 Å². The van der Waals surface area contributed by atoms with E-state index in [0.29, 0.717) is 13.1 Å². The van der Waals surface area contributed by atoms with E-state index in [-0.39, 0.29) is 0 Å². The first-order chi connectivity index (χ1) is 21.9. The molecule has 0 amide bonds. The summed E-state index contributed by atoms with van der Waals surface area (Å²) in [5, 5.41) is 6.66. The van der Waals surface area contributed by atoms with Crippen LogP contribution in [0.3, 0.4) is 0 Å². The Morgan fingerprint density at radius 1 is 0.622 bits per heavy atom. The van der Waals surface area contributed by atoms with Crippen molar-refractivity contribution in [2.45, 2.75) is 33.4 Å². The summed E-state index contributed by atoms with van der Waals surface area (Å²) in [4.78, 5) is 26.8. The number of aryl methyl sites for hydroxylation is 2. The minimum absolute atomic E-state index is 0.640. The molecule has 45 heavy (non-hydrogen) atoms. The van der Waals surface area contributed by atoms with Crippen LogP contribution in [0.2, 0.25) is 0 Å². The molecule has 2 aromatic carbocycles. The van der Waals surface area contributed by atoms with Crippen LogP contribution in [-0.2, 0) is 19.5 Å². The number of aromatic nitrogens is 6. The Hall–Kier alpha value is -4.54. The van der Waals surface area contributed by atoms with Gasteiger partial charge >= 0.3 is 0 Å². The van der Waals surface area contributed by atoms with Crippen molar-refractivity contribution in [3.63, 3.8) is 0 Å². The van der Waals surface area contributed by atoms with Crippen LogP contribution in [-0.4, -0.2) is 29.9 Å². The number of halogens is 2. The van der Waals surface area contributed by atoms with Crippen molar-refractivity contribution in [2.24, 2.45) is 0 Å². The van der Waals surface area contributed by atoms with Crippen LogP contribution in [0.5, 0.6) is 0 Å². The van der Waals surface area contributed by atoms with Crippen molar-refractivity contribution in [3.8, 4) is 22.8 Å². The van der Waals surface area contributed by atoms with Gasteiger partial charge in [0.1, 0.15) is 11.6 Å². The first-order valence-corrected chi connectivity index (χ1v) is 16.1. The van der Waals surface area contributed by atoms with E-state index in [1.807, 2.05) is 104 Å². The summed E-state index contributed by atoms with van der Waals surface area (Å²) in [6, 6.07) is 29.8. The molecule has 0 radical (unpaired) electrons. The minimum atomic E-state index is 0.640. The summed E-state index contributed by atoms with van der Waals surface area (Å²) in [6.45, 7) is 5.39. The molecule has 6 rings (SSSR count). The number of nitrogens with one attached hydrogen (secondary N) is 2. The number of pyridine rings is 2. The van der Waals surface area contributed by atoms with E-state index in [1.165, 1.54) is 0 Å². The van der Waals surface area contributed by atoms with Crippen molar-refractivity contribution < 1.29 is 0 Å². The van der Waals surface area contributed by atoms with Gasteiger partial charge in [0.25, 0.3) is 0 Å². The van der Waals surface area contributed by atoms with Gasteiger partial charge < -0.3 is 10.6 Å². The van der Waals surface area contributed by atoms with Crippen LogP contribution in [0.25, 0.3) is 22.8 Å². The molecule has 2 N–H and O–H groups in total. The second-order valence-corrected chi connectivity index (χ2v) is 11.9. The standard InChI is InChI=1S/C18H17BrN4.C17H15BrN4/c1-2-15-11-17(21-12-16-5-3-4-10-20-16)23-18(22-15)13-6-8-14(19)9-7-13;1-12-9-16(20-11-13-3-2-8-19-10-13)22-17(21-12)14-4-6-15(18)7-5-14/h3-11H,2,12H2,1H3,(H,21,22,23);2-10H,11H2,1H3,(H,20,21,22). The fourth-order valence-electron chi connectivity index (χ4n) is 4.26. The molecule has 4 heterocycles. The molecule has 226 valence electrons. The van der Waals surface area contributed by atoms with E-state index in [2.05, 4.69) is 79.3 Å². The van der Waals surface area contributed by atoms with Gasteiger partial charge in [-0.2, -0.15) is 0 Å². The zero-order chi connectivity index (χ0) is 31.4. The Balaban J connectivity index is 0.000000178. The fraction of sp³-hybridized carbons (Fsp3) is 0.143. The van der Waals surface area contributed by atoms with Crippen LogP contribution < -0.4 is 10.6 Å². The van der Waals surface area contributed by atoms with Gasteiger partial charge in [0.05, 0.1) is 12.2 Å². The third-order valence-electron chi connectivity index (χ3n) is 6.57. The maximum atomic E-state index is 4.63. The topological polar surface area (TPSA) is 101 Å². The average Bonchev–Trinajstić information content (AvgIpc) is 3.08. The van der Waals surface area contributed by atoms with Crippen LogP contribution in [0.1, 0.15) is 29.6 Å². The molecule has 0 unspecified atom stereocenters. The van der Waals surface area contributed by atoms with Gasteiger partial charge in [0.15, 0.2) is 11.6 Å². The number of hydrogen-bond acceptors (Lipinski definition) is 8. The quantitative estimate of drug-likeness (QED) is 0.153. The lowest BCUT2D eigenvalue weighted by atomic mass is 10.2. The molecule has 4 aromatic heterocycles. The third kappa shape index (κ3) is 9.72. The number of hydrogen-bond donors (Lipinski definition) is 2. The lowest BCUT2D eigenvalue weighted by Gasteiger charge is -2.09. The summed E-state index contributed by atoms with van der Waals surface area (Å²) >= 11 is 6.89. The van der Waals surface area contributed by atoms with Gasteiger partial charge in [-0.25, -0.2) is 19.9 Å². The Bertz CT molecular complexity index is 1800. The van der Waals surface area contributed by atoms with Crippen LogP contribution in [0.15, 0.2) is 119 Å². The van der Waals surface area contributed by atoms with E-state index in [0.717, 1.165) is 72.4 Å². The van der Waals surface area contributed by atoms with Crippen LogP contribution in [0, 0.1) is 6.92 Å². The molecule has 10 heteroatoms. The summed E-state index contributed by atoms with van der Waals surface area (Å²) in [6.07, 6.45) is 6.27. The molecule has 0 aliphatic carbocycles. The highest BCUT2D eigenvalue weighted by atomic mass is 79.9. The first kappa shape index (κ1) is 31.9. The highest BCUT2D eigenvalue weighted by molar-refractivity contribution is 9.10. The van der Waals surface area contributed by atoms with Gasteiger partial charge in [-0.15, -0.1) is 0 Å². The predicted octanol–water partition coefficient (Wildman–Crippen LogP) is 8.70. The zero-order valence-corrected chi connectivity index (χ0v) is 28.1. The van der Waals surface area contributed by atoms with Gasteiger partial charge in [-0.3, -0.25) is 9.97 Å². The largest absolute Gasteiger partial charge is 0.366 e. The highest BCUT2D eigenvalue weighted by Gasteiger charge is 2.08. The number of nitrogens with zero attached hydrogens (tertiary/aromatic N) is 6. The Morgan fingerprint density at radius 2 is 1.27 bits per heavy atom. The fourth-order valence-corrected chi connectivity index (χ4v) is 4.79. The molecular formula is C35H32Br2N8. The van der Waals surface area contributed by atoms with E-state index < -0.39 is 0 Å². The SMILES string of the molecule is CCc1cc(NCc2ccccn2)nc(-c2ccc(Br)cc2)n1.Cc1cc(NCc2cccnc2)nc(-c2ccc(Br)cc2)n1. The summed E-state index contributed by atoms with van der Waals surface area (Å²) in [7, 11) is 0. The molecule has 0 saturated heterocycles. The van der Waals surface area contributed by atoms with E-state index in [1.54, 1.807) is 12.4 Å². The monoisotopic (exact) mass is 722 g/mol. The molecule has 0 aliphatic rings. The highest BCUT2D eigenvalue weighted by Crippen LogP contribution is 2.22. The van der Waals surface area contributed by atoms with E-state index >= 15 is 0 Å². The van der Waals surface area contributed by atoms with Gasteiger partial charge in [-0.1, -0.05) is 75.2 Å². The van der Waals surface area contributed by atoms with Gasteiger partial charge in [-0.05, 0) is 61.4 Å². The lowest BCUT2D eigenvalue weighted by molar-refractivity contribution is 0.980. The second-order valence-electron chi connectivity index (χ2n) is 10.0. The molecule has 0 saturated carbocycles. The molecule has 0 bridgehead atoms. The van der Waals surface area contributed by atoms with E-state index in [4.69, 9.17) is 0 Å². The summed E-state index contributed by atoms with van der Waals surface area (Å²) in [5.41, 5.74) is 6.04. The lowest BCUT2D eigenvalue weighted by Crippen LogP contribution is -2.05. The molecular weight excluding hydrogens is 692 g/mol. The van der Waals surface area contributed by atoms with E-state index in [9.17, 15) is 0 Å². The van der Waals surface area contributed by atoms with Crippen LogP contribution >= 0.6 is 31.9 Å². The van der Waals surface area contributed by atoms with Crippen molar-refractivity contribution in [1.82, 2.24) is 29.9 Å². The molecule has 0 spiro atoms.